The molecule has 0 aromatic heterocycles. The number of nitrogens with zero attached hydrogens (tertiary/aromatic N) is 1. The Morgan fingerprint density at radius 2 is 1.27 bits per heavy atom. The number of ether oxygens (including phenoxy) is 1. The quantitative estimate of drug-likeness (QED) is 0.467. The van der Waals surface area contributed by atoms with Crippen molar-refractivity contribution in [2.45, 2.75) is 6.92 Å². The molecule has 5 heteroatoms. The van der Waals surface area contributed by atoms with Crippen LogP contribution in [0.15, 0.2) is 84.9 Å². The molecule has 130 valence electrons. The normalized spacial score (nSPS) is 10.2. The lowest BCUT2D eigenvalue weighted by molar-refractivity contribution is 0.579. The van der Waals surface area contributed by atoms with Crippen molar-refractivity contribution in [2.75, 3.05) is 4.90 Å². The molecule has 0 heterocycles. The van der Waals surface area contributed by atoms with Gasteiger partial charge in [-0.05, 0) is 67.3 Å². The minimum atomic E-state index is 0.371. The second-order valence-electron chi connectivity index (χ2n) is 5.54. The largest absolute Gasteiger partial charge is 0.439 e. The Morgan fingerprint density at radius 3 is 1.77 bits per heavy atom. The van der Waals surface area contributed by atoms with E-state index in [1.807, 2.05) is 96.8 Å². The van der Waals surface area contributed by atoms with Gasteiger partial charge >= 0.3 is 0 Å². The highest BCUT2D eigenvalue weighted by Gasteiger charge is 2.17. The predicted molar refractivity (Wildman–Crippen MR) is 120 cm³/mol. The number of hydrogen-bond donors (Lipinski definition) is 0. The van der Waals surface area contributed by atoms with E-state index in [0.29, 0.717) is 14.5 Å². The second-order valence-corrected chi connectivity index (χ2v) is 7.78. The van der Waals surface area contributed by atoms with Gasteiger partial charge in [0.1, 0.15) is 5.75 Å². The number of anilines is 2. The average Bonchev–Trinajstić information content (AvgIpc) is 2.65. The SMILES string of the molecule is Cc1ccc(OC(=S)SC(=S)N(c2ccccc2)c2ccccc2)cc1. The average molecular weight is 396 g/mol. The summed E-state index contributed by atoms with van der Waals surface area (Å²) in [5.74, 6) is 0.710. The summed E-state index contributed by atoms with van der Waals surface area (Å²) in [4.78, 5) is 1.99. The first kappa shape index (κ1) is 18.6. The van der Waals surface area contributed by atoms with E-state index in [9.17, 15) is 0 Å². The van der Waals surface area contributed by atoms with E-state index in [1.165, 1.54) is 17.3 Å². The highest BCUT2D eigenvalue weighted by Crippen LogP contribution is 2.30. The maximum atomic E-state index is 5.74. The lowest BCUT2D eigenvalue weighted by Gasteiger charge is -2.25. The van der Waals surface area contributed by atoms with Crippen molar-refractivity contribution >= 4 is 56.3 Å². The molecule has 0 aliphatic heterocycles. The monoisotopic (exact) mass is 395 g/mol. The smallest absolute Gasteiger partial charge is 0.232 e. The van der Waals surface area contributed by atoms with Crippen molar-refractivity contribution in [3.63, 3.8) is 0 Å². The van der Waals surface area contributed by atoms with Crippen molar-refractivity contribution in [1.29, 1.82) is 0 Å². The molecule has 3 aromatic carbocycles. The number of thioether (sulfide) groups is 1. The minimum absolute atomic E-state index is 0.371. The molecule has 2 nitrogen and oxygen atoms in total. The van der Waals surface area contributed by atoms with E-state index in [2.05, 4.69) is 0 Å². The van der Waals surface area contributed by atoms with E-state index < -0.39 is 0 Å². The summed E-state index contributed by atoms with van der Waals surface area (Å²) in [5.41, 5.74) is 3.13. The van der Waals surface area contributed by atoms with Crippen molar-refractivity contribution in [2.24, 2.45) is 0 Å². The molecule has 0 radical (unpaired) electrons. The summed E-state index contributed by atoms with van der Waals surface area (Å²) in [6, 6.07) is 27.7. The van der Waals surface area contributed by atoms with Gasteiger partial charge in [-0.15, -0.1) is 0 Å². The van der Waals surface area contributed by atoms with Gasteiger partial charge in [-0.25, -0.2) is 0 Å². The molecule has 0 bridgehead atoms. The van der Waals surface area contributed by atoms with Crippen LogP contribution in [0.1, 0.15) is 5.56 Å². The molecular weight excluding hydrogens is 378 g/mol. The maximum absolute atomic E-state index is 5.74. The molecule has 0 amide bonds. The van der Waals surface area contributed by atoms with Crippen LogP contribution in [-0.4, -0.2) is 8.70 Å². The summed E-state index contributed by atoms with van der Waals surface area (Å²) in [5, 5.41) is 0. The van der Waals surface area contributed by atoms with E-state index in [0.717, 1.165) is 11.4 Å². The van der Waals surface area contributed by atoms with E-state index >= 15 is 0 Å². The maximum Gasteiger partial charge on any atom is 0.232 e. The minimum Gasteiger partial charge on any atom is -0.439 e. The van der Waals surface area contributed by atoms with Gasteiger partial charge in [-0.3, -0.25) is 4.90 Å². The second kappa shape index (κ2) is 8.94. The summed E-state index contributed by atoms with van der Waals surface area (Å²) >= 11 is 12.3. The van der Waals surface area contributed by atoms with Gasteiger partial charge in [-0.1, -0.05) is 66.3 Å². The highest BCUT2D eigenvalue weighted by atomic mass is 32.2. The first-order valence-corrected chi connectivity index (χ1v) is 9.67. The molecule has 0 spiro atoms. The van der Waals surface area contributed by atoms with E-state index in [-0.39, 0.29) is 0 Å². The van der Waals surface area contributed by atoms with Gasteiger partial charge in [0.2, 0.25) is 4.38 Å². The van der Waals surface area contributed by atoms with Crippen LogP contribution in [0.25, 0.3) is 0 Å². The molecule has 3 aromatic rings. The molecule has 26 heavy (non-hydrogen) atoms. The zero-order valence-electron chi connectivity index (χ0n) is 14.2. The van der Waals surface area contributed by atoms with E-state index in [4.69, 9.17) is 29.2 Å². The first-order chi connectivity index (χ1) is 12.6. The number of hydrogen-bond acceptors (Lipinski definition) is 4. The fraction of sp³-hybridized carbons (Fsp3) is 0.0476. The Balaban J connectivity index is 1.77. The zero-order valence-corrected chi connectivity index (χ0v) is 16.6. The van der Waals surface area contributed by atoms with Gasteiger partial charge in [0, 0.05) is 11.4 Å². The topological polar surface area (TPSA) is 12.5 Å². The van der Waals surface area contributed by atoms with Crippen LogP contribution in [0.3, 0.4) is 0 Å². The highest BCUT2D eigenvalue weighted by molar-refractivity contribution is 8.38. The summed E-state index contributed by atoms with van der Waals surface area (Å²) in [7, 11) is 0. The molecular formula is C21H17NOS3. The van der Waals surface area contributed by atoms with Gasteiger partial charge in [0.15, 0.2) is 4.32 Å². The van der Waals surface area contributed by atoms with Crippen LogP contribution >= 0.6 is 36.2 Å². The molecule has 0 N–H and O–H groups in total. The van der Waals surface area contributed by atoms with Crippen molar-refractivity contribution in [3.05, 3.63) is 90.5 Å². The van der Waals surface area contributed by atoms with Crippen LogP contribution in [0, 0.1) is 6.92 Å². The van der Waals surface area contributed by atoms with Crippen molar-refractivity contribution < 1.29 is 4.74 Å². The molecule has 0 saturated heterocycles. The van der Waals surface area contributed by atoms with Crippen LogP contribution < -0.4 is 9.64 Å². The molecule has 0 unspecified atom stereocenters. The van der Waals surface area contributed by atoms with Crippen LogP contribution in [0.5, 0.6) is 5.75 Å². The standard InChI is InChI=1S/C21H17NOS3/c1-16-12-14-19(15-13-16)23-21(25)26-20(24)22(17-8-4-2-5-9-17)18-10-6-3-7-11-18/h2-15H,1H3. The van der Waals surface area contributed by atoms with Gasteiger partial charge in [-0.2, -0.15) is 0 Å². The molecule has 3 rings (SSSR count). The van der Waals surface area contributed by atoms with Crippen molar-refractivity contribution in [1.82, 2.24) is 0 Å². The first-order valence-electron chi connectivity index (χ1n) is 8.04. The Bertz CT molecular complexity index is 841. The summed E-state index contributed by atoms with van der Waals surface area (Å²) in [6.07, 6.45) is 0. The lowest BCUT2D eigenvalue weighted by Crippen LogP contribution is -2.23. The Kier molecular flexibility index (Phi) is 6.39. The Morgan fingerprint density at radius 1 is 0.769 bits per heavy atom. The third kappa shape index (κ3) is 4.91. The predicted octanol–water partition coefficient (Wildman–Crippen LogP) is 6.52. The molecule has 0 aliphatic carbocycles. The third-order valence-electron chi connectivity index (χ3n) is 3.60. The zero-order chi connectivity index (χ0) is 18.4. The lowest BCUT2D eigenvalue weighted by atomic mass is 10.2. The Labute approximate surface area is 168 Å². The third-order valence-corrected chi connectivity index (χ3v) is 4.98. The molecule has 0 saturated carbocycles. The van der Waals surface area contributed by atoms with Gasteiger partial charge in [0.05, 0.1) is 0 Å². The van der Waals surface area contributed by atoms with Crippen LogP contribution in [0.4, 0.5) is 11.4 Å². The van der Waals surface area contributed by atoms with Crippen LogP contribution in [0.2, 0.25) is 0 Å². The number of aryl methyl sites for hydroxylation is 1. The summed E-state index contributed by atoms with van der Waals surface area (Å²) in [6.45, 7) is 2.03. The fourth-order valence-corrected chi connectivity index (χ4v) is 3.87. The van der Waals surface area contributed by atoms with Crippen LogP contribution in [-0.2, 0) is 0 Å². The van der Waals surface area contributed by atoms with E-state index in [1.54, 1.807) is 0 Å². The molecule has 0 fully saturated rings. The van der Waals surface area contributed by atoms with Gasteiger partial charge in [0.25, 0.3) is 0 Å². The molecule has 0 atom stereocenters. The number of para-hydroxylation sites is 2. The number of benzene rings is 3. The number of thiocarbonyl (C=S) groups is 2. The summed E-state index contributed by atoms with van der Waals surface area (Å²) < 4.78 is 6.72. The Hall–Kier alpha value is -2.21. The fourth-order valence-electron chi connectivity index (χ4n) is 2.35. The van der Waals surface area contributed by atoms with Crippen molar-refractivity contribution in [3.8, 4) is 5.75 Å². The number of rotatable bonds is 3. The van der Waals surface area contributed by atoms with Gasteiger partial charge < -0.3 is 4.74 Å². The molecule has 0 aliphatic rings.